The first-order chi connectivity index (χ1) is 11.7. The number of carbonyl (C=O) groups is 1. The van der Waals surface area contributed by atoms with Crippen LogP contribution in [0.15, 0.2) is 12.3 Å². The van der Waals surface area contributed by atoms with E-state index in [1.165, 1.54) is 19.4 Å². The second-order valence-corrected chi connectivity index (χ2v) is 6.97. The van der Waals surface area contributed by atoms with Gasteiger partial charge in [-0.15, -0.1) is 0 Å². The highest BCUT2D eigenvalue weighted by Crippen LogP contribution is 2.37. The molecule has 1 fully saturated rings. The number of rotatable bonds is 4. The minimum absolute atomic E-state index is 0.0521. The fourth-order valence-electron chi connectivity index (χ4n) is 2.81. The van der Waals surface area contributed by atoms with Crippen molar-refractivity contribution in [2.75, 3.05) is 25.1 Å². The van der Waals surface area contributed by atoms with Crippen LogP contribution < -0.4 is 15.0 Å². The monoisotopic (exact) mass is 357 g/mol. The molecule has 1 amide bonds. The number of alkyl halides is 2. The number of hydrogen-bond donors (Lipinski definition) is 1. The first-order valence-electron chi connectivity index (χ1n) is 8.26. The van der Waals surface area contributed by atoms with Gasteiger partial charge in [0.2, 0.25) is 5.88 Å². The minimum atomic E-state index is -2.61. The maximum Gasteiger partial charge on any atom is 0.407 e. The Morgan fingerprint density at radius 3 is 2.52 bits per heavy atom. The smallest absolute Gasteiger partial charge is 0.407 e. The van der Waals surface area contributed by atoms with Gasteiger partial charge in [-0.1, -0.05) is 0 Å². The molecule has 1 saturated heterocycles. The second-order valence-electron chi connectivity index (χ2n) is 6.97. The molecule has 0 atom stereocenters. The number of nitrogens with zero attached hydrogens (tertiary/aromatic N) is 2. The van der Waals surface area contributed by atoms with Gasteiger partial charge in [-0.2, -0.15) is 0 Å². The van der Waals surface area contributed by atoms with Crippen molar-refractivity contribution >= 4 is 11.8 Å². The van der Waals surface area contributed by atoms with Gasteiger partial charge in [0.25, 0.3) is 6.43 Å². The molecule has 0 radical (unpaired) electrons. The van der Waals surface area contributed by atoms with Crippen molar-refractivity contribution in [3.63, 3.8) is 0 Å². The summed E-state index contributed by atoms with van der Waals surface area (Å²) in [6, 6.07) is 1.26. The van der Waals surface area contributed by atoms with Gasteiger partial charge >= 0.3 is 6.09 Å². The van der Waals surface area contributed by atoms with E-state index in [0.29, 0.717) is 31.6 Å². The molecule has 1 aromatic rings. The van der Waals surface area contributed by atoms with Crippen LogP contribution in [0.1, 0.15) is 45.6 Å². The third-order valence-electron chi connectivity index (χ3n) is 3.88. The predicted octanol–water partition coefficient (Wildman–Crippen LogP) is 3.52. The zero-order chi connectivity index (χ0) is 18.6. The van der Waals surface area contributed by atoms with Crippen LogP contribution in [0.3, 0.4) is 0 Å². The molecule has 0 saturated carbocycles. The van der Waals surface area contributed by atoms with Gasteiger partial charge in [-0.25, -0.2) is 18.6 Å². The molecule has 25 heavy (non-hydrogen) atoms. The fourth-order valence-corrected chi connectivity index (χ4v) is 2.81. The molecular formula is C17H25F2N3O3. The Balaban J connectivity index is 2.02. The average Bonchev–Trinajstić information content (AvgIpc) is 2.53. The number of nitrogens with one attached hydrogen (secondary N) is 1. The predicted molar refractivity (Wildman–Crippen MR) is 90.4 cm³/mol. The lowest BCUT2D eigenvalue weighted by atomic mass is 10.0. The number of methoxy groups -OCH3 is 1. The molecule has 8 heteroatoms. The molecule has 0 aliphatic carbocycles. The number of carbonyl (C=O) groups excluding carboxylic acids is 1. The molecule has 0 spiro atoms. The largest absolute Gasteiger partial charge is 0.480 e. The standard InChI is InChI=1S/C17H25F2N3O3/c1-17(2,3)25-16(23)21-11-6-9-22(10-7-11)13-12(14(18)19)5-8-20-15(13)24-4/h5,8,11,14H,6-7,9-10H2,1-4H3,(H,21,23). The Morgan fingerprint density at radius 1 is 1.36 bits per heavy atom. The first kappa shape index (κ1) is 19.2. The number of aromatic nitrogens is 1. The summed E-state index contributed by atoms with van der Waals surface area (Å²) >= 11 is 0. The Kier molecular flexibility index (Phi) is 6.02. The van der Waals surface area contributed by atoms with E-state index in [4.69, 9.17) is 9.47 Å². The van der Waals surface area contributed by atoms with E-state index in [-0.39, 0.29) is 17.5 Å². The average molecular weight is 357 g/mol. The molecule has 2 rings (SSSR count). The van der Waals surface area contributed by atoms with E-state index in [1.54, 1.807) is 20.8 Å². The van der Waals surface area contributed by atoms with Crippen molar-refractivity contribution < 1.29 is 23.0 Å². The van der Waals surface area contributed by atoms with Crippen LogP contribution in [0.5, 0.6) is 5.88 Å². The van der Waals surface area contributed by atoms with Gasteiger partial charge in [0.05, 0.1) is 7.11 Å². The van der Waals surface area contributed by atoms with Crippen LogP contribution in [-0.2, 0) is 4.74 Å². The summed E-state index contributed by atoms with van der Waals surface area (Å²) in [5, 5.41) is 2.83. The maximum absolute atomic E-state index is 13.3. The van der Waals surface area contributed by atoms with Crippen molar-refractivity contribution in [1.82, 2.24) is 10.3 Å². The fraction of sp³-hybridized carbons (Fsp3) is 0.647. The van der Waals surface area contributed by atoms with E-state index in [0.717, 1.165) is 0 Å². The lowest BCUT2D eigenvalue weighted by Crippen LogP contribution is -2.46. The first-order valence-corrected chi connectivity index (χ1v) is 8.26. The number of ether oxygens (including phenoxy) is 2. The SMILES string of the molecule is COc1nccc(C(F)F)c1N1CCC(NC(=O)OC(C)(C)C)CC1. The number of piperidine rings is 1. The van der Waals surface area contributed by atoms with E-state index >= 15 is 0 Å². The van der Waals surface area contributed by atoms with Gasteiger partial charge in [0.1, 0.15) is 11.3 Å². The van der Waals surface area contributed by atoms with E-state index in [9.17, 15) is 13.6 Å². The number of halogens is 2. The normalized spacial score (nSPS) is 16.0. The quantitative estimate of drug-likeness (QED) is 0.893. The number of pyridine rings is 1. The van der Waals surface area contributed by atoms with E-state index in [2.05, 4.69) is 10.3 Å². The van der Waals surface area contributed by atoms with Crippen LogP contribution in [0.2, 0.25) is 0 Å². The van der Waals surface area contributed by atoms with Crippen LogP contribution in [-0.4, -0.2) is 42.9 Å². The molecular weight excluding hydrogens is 332 g/mol. The second kappa shape index (κ2) is 7.84. The highest BCUT2D eigenvalue weighted by atomic mass is 19.3. The molecule has 0 bridgehead atoms. The highest BCUT2D eigenvalue weighted by molar-refractivity contribution is 5.68. The summed E-state index contributed by atoms with van der Waals surface area (Å²) in [6.45, 7) is 6.44. The number of hydrogen-bond acceptors (Lipinski definition) is 5. The lowest BCUT2D eigenvalue weighted by Gasteiger charge is -2.35. The summed E-state index contributed by atoms with van der Waals surface area (Å²) in [4.78, 5) is 17.7. The number of alkyl carbamates (subject to hydrolysis) is 1. The number of anilines is 1. The van der Waals surface area contributed by atoms with Crippen LogP contribution >= 0.6 is 0 Å². The zero-order valence-electron chi connectivity index (χ0n) is 15.0. The molecule has 2 heterocycles. The van der Waals surface area contributed by atoms with Gasteiger partial charge in [0.15, 0.2) is 0 Å². The van der Waals surface area contributed by atoms with E-state index in [1.807, 2.05) is 4.90 Å². The Morgan fingerprint density at radius 2 is 2.00 bits per heavy atom. The summed E-state index contributed by atoms with van der Waals surface area (Å²) in [5.41, 5.74) is -0.318. The molecule has 1 aliphatic rings. The minimum Gasteiger partial charge on any atom is -0.480 e. The topological polar surface area (TPSA) is 63.7 Å². The lowest BCUT2D eigenvalue weighted by molar-refractivity contribution is 0.0497. The molecule has 0 aromatic carbocycles. The molecule has 1 N–H and O–H groups in total. The van der Waals surface area contributed by atoms with Crippen molar-refractivity contribution in [1.29, 1.82) is 0 Å². The molecule has 6 nitrogen and oxygen atoms in total. The van der Waals surface area contributed by atoms with E-state index < -0.39 is 18.1 Å². The molecule has 1 aliphatic heterocycles. The van der Waals surface area contributed by atoms with Crippen molar-refractivity contribution in [3.8, 4) is 5.88 Å². The Labute approximate surface area is 146 Å². The van der Waals surface area contributed by atoms with Crippen molar-refractivity contribution in [3.05, 3.63) is 17.8 Å². The third-order valence-corrected chi connectivity index (χ3v) is 3.88. The Hall–Kier alpha value is -2.12. The summed E-state index contributed by atoms with van der Waals surface area (Å²) in [7, 11) is 1.41. The van der Waals surface area contributed by atoms with Crippen LogP contribution in [0.25, 0.3) is 0 Å². The summed E-state index contributed by atoms with van der Waals surface area (Å²) in [6.07, 6.45) is -0.497. The molecule has 1 aromatic heterocycles. The highest BCUT2D eigenvalue weighted by Gasteiger charge is 2.28. The summed E-state index contributed by atoms with van der Waals surface area (Å²) < 4.78 is 37.0. The Bertz CT molecular complexity index is 597. The third kappa shape index (κ3) is 5.17. The molecule has 0 unspecified atom stereocenters. The van der Waals surface area contributed by atoms with Crippen LogP contribution in [0, 0.1) is 0 Å². The van der Waals surface area contributed by atoms with Crippen molar-refractivity contribution in [2.45, 2.75) is 51.7 Å². The summed E-state index contributed by atoms with van der Waals surface area (Å²) in [5.74, 6) is 0.191. The van der Waals surface area contributed by atoms with Crippen LogP contribution in [0.4, 0.5) is 19.3 Å². The molecule has 140 valence electrons. The zero-order valence-corrected chi connectivity index (χ0v) is 15.0. The van der Waals surface area contributed by atoms with Gasteiger partial charge in [-0.3, -0.25) is 0 Å². The van der Waals surface area contributed by atoms with Gasteiger partial charge in [0, 0.05) is 30.9 Å². The van der Waals surface area contributed by atoms with Gasteiger partial charge < -0.3 is 19.7 Å². The maximum atomic E-state index is 13.3. The number of amides is 1. The van der Waals surface area contributed by atoms with Crippen molar-refractivity contribution in [2.24, 2.45) is 0 Å². The van der Waals surface area contributed by atoms with Gasteiger partial charge in [-0.05, 0) is 39.7 Å².